The average Bonchev–Trinajstić information content (AvgIpc) is 2.30. The zero-order valence-corrected chi connectivity index (χ0v) is 10.7. The molecule has 1 atom stereocenters. The van der Waals surface area contributed by atoms with Crippen molar-refractivity contribution in [2.24, 2.45) is 17.6 Å². The van der Waals surface area contributed by atoms with Crippen LogP contribution >= 0.6 is 0 Å². The molecule has 0 aliphatic rings. The van der Waals surface area contributed by atoms with Gasteiger partial charge in [-0.3, -0.25) is 0 Å². The van der Waals surface area contributed by atoms with Crippen LogP contribution in [-0.4, -0.2) is 13.1 Å². The molecule has 0 bridgehead atoms. The number of nitrogens with one attached hydrogen (secondary N) is 1. The summed E-state index contributed by atoms with van der Waals surface area (Å²) >= 11 is 0. The smallest absolute Gasteiger partial charge is 0.0372 e. The average molecular weight is 220 g/mol. The van der Waals surface area contributed by atoms with Crippen LogP contribution in [0.4, 0.5) is 5.69 Å². The quantitative estimate of drug-likeness (QED) is 0.773. The second-order valence-corrected chi connectivity index (χ2v) is 4.63. The predicted octanol–water partition coefficient (Wildman–Crippen LogP) is 2.89. The molecule has 0 aliphatic carbocycles. The van der Waals surface area contributed by atoms with Crippen LogP contribution in [0.2, 0.25) is 0 Å². The lowest BCUT2D eigenvalue weighted by atomic mass is 9.96. The number of hydrogen-bond donors (Lipinski definition) is 2. The predicted molar refractivity (Wildman–Crippen MR) is 71.7 cm³/mol. The molecule has 1 rings (SSSR count). The van der Waals surface area contributed by atoms with Gasteiger partial charge in [0.2, 0.25) is 0 Å². The van der Waals surface area contributed by atoms with Crippen molar-refractivity contribution in [2.45, 2.75) is 27.2 Å². The first kappa shape index (κ1) is 13.0. The third-order valence-electron chi connectivity index (χ3n) is 3.20. The van der Waals surface area contributed by atoms with Gasteiger partial charge in [0.25, 0.3) is 0 Å². The standard InChI is InChI=1S/C14H24N2/c1-4-12-7-5-6-8-14(12)16-10-13(9-15)11(2)3/h5-8,11,13,16H,4,9-10,15H2,1-3H3. The highest BCUT2D eigenvalue weighted by atomic mass is 14.9. The van der Waals surface area contributed by atoms with Gasteiger partial charge in [-0.2, -0.15) is 0 Å². The second kappa shape index (κ2) is 6.54. The number of anilines is 1. The molecule has 0 aliphatic heterocycles. The van der Waals surface area contributed by atoms with Crippen molar-refractivity contribution in [2.75, 3.05) is 18.4 Å². The first-order valence-corrected chi connectivity index (χ1v) is 6.20. The lowest BCUT2D eigenvalue weighted by molar-refractivity contribution is 0.413. The van der Waals surface area contributed by atoms with E-state index in [1.807, 2.05) is 0 Å². The van der Waals surface area contributed by atoms with Gasteiger partial charge in [-0.25, -0.2) is 0 Å². The van der Waals surface area contributed by atoms with Crippen LogP contribution in [0, 0.1) is 11.8 Å². The van der Waals surface area contributed by atoms with E-state index in [1.165, 1.54) is 11.3 Å². The number of nitrogens with two attached hydrogens (primary N) is 1. The lowest BCUT2D eigenvalue weighted by Crippen LogP contribution is -2.27. The minimum absolute atomic E-state index is 0.546. The Bertz CT molecular complexity index is 307. The number of rotatable bonds is 6. The summed E-state index contributed by atoms with van der Waals surface area (Å²) in [7, 11) is 0. The molecule has 1 unspecified atom stereocenters. The summed E-state index contributed by atoms with van der Waals surface area (Å²) in [4.78, 5) is 0. The van der Waals surface area contributed by atoms with E-state index >= 15 is 0 Å². The minimum Gasteiger partial charge on any atom is -0.384 e. The molecular weight excluding hydrogens is 196 g/mol. The van der Waals surface area contributed by atoms with Gasteiger partial charge in [0.1, 0.15) is 0 Å². The Balaban J connectivity index is 2.59. The molecule has 0 saturated heterocycles. The van der Waals surface area contributed by atoms with Crippen molar-refractivity contribution in [1.29, 1.82) is 0 Å². The molecular formula is C14H24N2. The molecule has 2 heteroatoms. The molecule has 0 radical (unpaired) electrons. The third kappa shape index (κ3) is 3.53. The molecule has 0 heterocycles. The van der Waals surface area contributed by atoms with Gasteiger partial charge in [0.05, 0.1) is 0 Å². The van der Waals surface area contributed by atoms with Crippen LogP contribution in [0.15, 0.2) is 24.3 Å². The largest absolute Gasteiger partial charge is 0.384 e. The fraction of sp³-hybridized carbons (Fsp3) is 0.571. The van der Waals surface area contributed by atoms with Crippen molar-refractivity contribution in [3.63, 3.8) is 0 Å². The maximum atomic E-state index is 5.77. The van der Waals surface area contributed by atoms with Gasteiger partial charge in [0, 0.05) is 12.2 Å². The highest BCUT2D eigenvalue weighted by molar-refractivity contribution is 5.51. The van der Waals surface area contributed by atoms with E-state index in [2.05, 4.69) is 50.4 Å². The molecule has 3 N–H and O–H groups in total. The highest BCUT2D eigenvalue weighted by Gasteiger charge is 2.11. The van der Waals surface area contributed by atoms with Gasteiger partial charge < -0.3 is 11.1 Å². The Hall–Kier alpha value is -1.02. The Morgan fingerprint density at radius 3 is 2.50 bits per heavy atom. The van der Waals surface area contributed by atoms with Crippen LogP contribution in [-0.2, 0) is 6.42 Å². The number of para-hydroxylation sites is 1. The molecule has 1 aromatic rings. The maximum Gasteiger partial charge on any atom is 0.0372 e. The van der Waals surface area contributed by atoms with Gasteiger partial charge >= 0.3 is 0 Å². The Morgan fingerprint density at radius 2 is 1.94 bits per heavy atom. The van der Waals surface area contributed by atoms with Crippen LogP contribution < -0.4 is 11.1 Å². The molecule has 2 nitrogen and oxygen atoms in total. The van der Waals surface area contributed by atoms with E-state index in [0.717, 1.165) is 19.5 Å². The van der Waals surface area contributed by atoms with Crippen LogP contribution in [0.5, 0.6) is 0 Å². The molecule has 1 aromatic carbocycles. The van der Waals surface area contributed by atoms with E-state index in [-0.39, 0.29) is 0 Å². The molecule has 0 spiro atoms. The molecule has 16 heavy (non-hydrogen) atoms. The summed E-state index contributed by atoms with van der Waals surface area (Å²) in [6, 6.07) is 8.49. The van der Waals surface area contributed by atoms with E-state index in [1.54, 1.807) is 0 Å². The second-order valence-electron chi connectivity index (χ2n) is 4.63. The Kier molecular flexibility index (Phi) is 5.33. The van der Waals surface area contributed by atoms with Crippen LogP contribution in [0.25, 0.3) is 0 Å². The molecule has 0 fully saturated rings. The summed E-state index contributed by atoms with van der Waals surface area (Å²) in [6.45, 7) is 8.35. The van der Waals surface area contributed by atoms with Gasteiger partial charge in [0.15, 0.2) is 0 Å². The molecule has 0 amide bonds. The molecule has 90 valence electrons. The first-order valence-electron chi connectivity index (χ1n) is 6.20. The molecule has 0 aromatic heterocycles. The lowest BCUT2D eigenvalue weighted by Gasteiger charge is -2.21. The summed E-state index contributed by atoms with van der Waals surface area (Å²) in [6.07, 6.45) is 1.07. The zero-order valence-electron chi connectivity index (χ0n) is 10.7. The van der Waals surface area contributed by atoms with E-state index in [0.29, 0.717) is 11.8 Å². The first-order chi connectivity index (χ1) is 7.69. The highest BCUT2D eigenvalue weighted by Crippen LogP contribution is 2.17. The van der Waals surface area contributed by atoms with Crippen molar-refractivity contribution >= 4 is 5.69 Å². The van der Waals surface area contributed by atoms with E-state index < -0.39 is 0 Å². The zero-order chi connectivity index (χ0) is 12.0. The van der Waals surface area contributed by atoms with Gasteiger partial charge in [-0.15, -0.1) is 0 Å². The molecule has 0 saturated carbocycles. The van der Waals surface area contributed by atoms with Gasteiger partial charge in [-0.05, 0) is 36.4 Å². The normalized spacial score (nSPS) is 12.8. The summed E-state index contributed by atoms with van der Waals surface area (Å²) in [5.41, 5.74) is 8.40. The van der Waals surface area contributed by atoms with Crippen LogP contribution in [0.1, 0.15) is 26.3 Å². The van der Waals surface area contributed by atoms with Crippen molar-refractivity contribution < 1.29 is 0 Å². The van der Waals surface area contributed by atoms with Crippen molar-refractivity contribution in [1.82, 2.24) is 0 Å². The maximum absolute atomic E-state index is 5.77. The summed E-state index contributed by atoms with van der Waals surface area (Å²) < 4.78 is 0. The number of aryl methyl sites for hydroxylation is 1. The van der Waals surface area contributed by atoms with Crippen LogP contribution in [0.3, 0.4) is 0 Å². The monoisotopic (exact) mass is 220 g/mol. The summed E-state index contributed by atoms with van der Waals surface area (Å²) in [5.74, 6) is 1.18. The van der Waals surface area contributed by atoms with Crippen molar-refractivity contribution in [3.05, 3.63) is 29.8 Å². The third-order valence-corrected chi connectivity index (χ3v) is 3.20. The number of benzene rings is 1. The van der Waals surface area contributed by atoms with Crippen molar-refractivity contribution in [3.8, 4) is 0 Å². The SMILES string of the molecule is CCc1ccccc1NCC(CN)C(C)C. The number of hydrogen-bond acceptors (Lipinski definition) is 2. The Morgan fingerprint density at radius 1 is 1.25 bits per heavy atom. The van der Waals surface area contributed by atoms with E-state index in [4.69, 9.17) is 5.73 Å². The summed E-state index contributed by atoms with van der Waals surface area (Å²) in [5, 5.41) is 3.52. The fourth-order valence-electron chi connectivity index (χ4n) is 1.83. The minimum atomic E-state index is 0.546. The van der Waals surface area contributed by atoms with E-state index in [9.17, 15) is 0 Å². The van der Waals surface area contributed by atoms with Gasteiger partial charge in [-0.1, -0.05) is 39.0 Å². The Labute approximate surface area is 99.2 Å². The fourth-order valence-corrected chi connectivity index (χ4v) is 1.83. The topological polar surface area (TPSA) is 38.0 Å².